The molecule has 0 amide bonds. The highest BCUT2D eigenvalue weighted by Gasteiger charge is 2.38. The number of hydrogen-bond acceptors (Lipinski definition) is 2. The summed E-state index contributed by atoms with van der Waals surface area (Å²) in [7, 11) is 2.13. The van der Waals surface area contributed by atoms with Crippen LogP contribution in [0.1, 0.15) is 48.1 Å². The van der Waals surface area contributed by atoms with Crippen LogP contribution >= 0.6 is 11.3 Å². The molecule has 0 spiro atoms. The van der Waals surface area contributed by atoms with Crippen molar-refractivity contribution in [2.24, 2.45) is 0 Å². The average molecular weight is 238 g/mol. The van der Waals surface area contributed by atoms with Crippen LogP contribution in [0.25, 0.3) is 0 Å². The lowest BCUT2D eigenvalue weighted by atomic mass is 9.81. The first-order valence-corrected chi connectivity index (χ1v) is 7.28. The third kappa shape index (κ3) is 1.71. The smallest absolute Gasteiger partial charge is 0.133 e. The van der Waals surface area contributed by atoms with E-state index in [2.05, 4.69) is 23.8 Å². The third-order valence-corrected chi connectivity index (χ3v) is 4.97. The number of fused-ring (bicyclic) bond motifs is 3. The minimum atomic E-state index is 0.339. The van der Waals surface area contributed by atoms with Gasteiger partial charge in [0.1, 0.15) is 12.6 Å². The summed E-state index contributed by atoms with van der Waals surface area (Å²) >= 11 is 1.95. The van der Waals surface area contributed by atoms with Crippen molar-refractivity contribution in [1.29, 1.82) is 0 Å². The zero-order valence-electron chi connectivity index (χ0n) is 9.82. The molecule has 88 valence electrons. The second-order valence-electron chi connectivity index (χ2n) is 4.94. The monoisotopic (exact) mass is 238 g/mol. The van der Waals surface area contributed by atoms with Crippen molar-refractivity contribution in [3.05, 3.63) is 21.9 Å². The molecule has 1 aromatic rings. The Morgan fingerprint density at radius 1 is 1.44 bits per heavy atom. The van der Waals surface area contributed by atoms with Crippen molar-refractivity contribution in [2.75, 3.05) is 13.6 Å². The van der Waals surface area contributed by atoms with Crippen molar-refractivity contribution >= 4 is 11.3 Å². The highest BCUT2D eigenvalue weighted by atomic mass is 32.1. The first-order chi connectivity index (χ1) is 7.90. The molecule has 1 saturated carbocycles. The molecule has 1 aliphatic carbocycles. The number of hydrogen-bond donors (Lipinski definition) is 1. The van der Waals surface area contributed by atoms with Gasteiger partial charge in [0.05, 0.1) is 13.2 Å². The van der Waals surface area contributed by atoms with E-state index in [1.165, 1.54) is 31.2 Å². The molecular weight excluding hydrogens is 218 g/mol. The van der Waals surface area contributed by atoms with Crippen molar-refractivity contribution < 1.29 is 10.1 Å². The molecule has 16 heavy (non-hydrogen) atoms. The van der Waals surface area contributed by atoms with Crippen LogP contribution in [-0.4, -0.2) is 19.7 Å². The fourth-order valence-corrected chi connectivity index (χ4v) is 4.28. The van der Waals surface area contributed by atoms with Gasteiger partial charge in [-0.25, -0.2) is 0 Å². The lowest BCUT2D eigenvalue weighted by Gasteiger charge is -2.38. The van der Waals surface area contributed by atoms with Crippen molar-refractivity contribution in [1.82, 2.24) is 0 Å². The number of ether oxygens (including phenoxy) is 1. The summed E-state index contributed by atoms with van der Waals surface area (Å²) in [5.41, 5.74) is 1.48. The highest BCUT2D eigenvalue weighted by Crippen LogP contribution is 2.46. The zero-order chi connectivity index (χ0) is 11.0. The third-order valence-electron chi connectivity index (χ3n) is 3.90. The average Bonchev–Trinajstić information content (AvgIpc) is 2.79. The Bertz CT molecular complexity index is 363. The summed E-state index contributed by atoms with van der Waals surface area (Å²) in [4.78, 5) is 1.63. The zero-order valence-corrected chi connectivity index (χ0v) is 10.6. The van der Waals surface area contributed by atoms with Crippen molar-refractivity contribution in [2.45, 2.75) is 43.8 Å². The summed E-state index contributed by atoms with van der Waals surface area (Å²) < 4.78 is 6.29. The Balaban J connectivity index is 1.92. The van der Waals surface area contributed by atoms with Gasteiger partial charge < -0.3 is 10.1 Å². The predicted octanol–water partition coefficient (Wildman–Crippen LogP) is 2.04. The quantitative estimate of drug-likeness (QED) is 0.838. The van der Waals surface area contributed by atoms with Crippen LogP contribution in [-0.2, 0) is 4.74 Å². The molecule has 2 N–H and O–H groups in total. The maximum atomic E-state index is 6.29. The molecular formula is C13H20NOS+. The van der Waals surface area contributed by atoms with E-state index in [0.29, 0.717) is 18.1 Å². The van der Waals surface area contributed by atoms with E-state index in [4.69, 9.17) is 4.74 Å². The number of rotatable bonds is 2. The fourth-order valence-electron chi connectivity index (χ4n) is 3.14. The molecule has 1 fully saturated rings. The van der Waals surface area contributed by atoms with Crippen molar-refractivity contribution in [3.63, 3.8) is 0 Å². The minimum Gasteiger partial charge on any atom is -0.364 e. The first-order valence-electron chi connectivity index (χ1n) is 6.40. The standard InChI is InChI=1S/C13H19NOS/c1-14-8-12-10-6-7-16-13(10)9-4-2-3-5-11(9)15-12/h6-7,9,11-12,14H,2-5,8H2,1H3/p+1/t9-,11+,12-/m1/s1. The first kappa shape index (κ1) is 10.8. The van der Waals surface area contributed by atoms with Gasteiger partial charge in [0.2, 0.25) is 0 Å². The SMILES string of the molecule is C[NH2+]C[C@H]1O[C@H]2CCCC[C@H]2c2sccc21. The van der Waals surface area contributed by atoms with Gasteiger partial charge in [-0.05, 0) is 24.3 Å². The van der Waals surface area contributed by atoms with Gasteiger partial charge >= 0.3 is 0 Å². The van der Waals surface area contributed by atoms with Crippen LogP contribution in [0.2, 0.25) is 0 Å². The molecule has 3 rings (SSSR count). The van der Waals surface area contributed by atoms with Gasteiger partial charge in [-0.1, -0.05) is 12.8 Å². The molecule has 2 heterocycles. The molecule has 0 aromatic carbocycles. The summed E-state index contributed by atoms with van der Waals surface area (Å²) in [6.07, 6.45) is 6.18. The highest BCUT2D eigenvalue weighted by molar-refractivity contribution is 7.10. The van der Waals surface area contributed by atoms with E-state index in [1.807, 2.05) is 11.3 Å². The second kappa shape index (κ2) is 4.47. The van der Waals surface area contributed by atoms with E-state index in [0.717, 1.165) is 6.54 Å². The molecule has 2 nitrogen and oxygen atoms in total. The van der Waals surface area contributed by atoms with Gasteiger partial charge in [-0.2, -0.15) is 0 Å². The topological polar surface area (TPSA) is 25.8 Å². The van der Waals surface area contributed by atoms with Crippen LogP contribution in [0, 0.1) is 0 Å². The van der Waals surface area contributed by atoms with E-state index >= 15 is 0 Å². The molecule has 3 heteroatoms. The largest absolute Gasteiger partial charge is 0.364 e. The summed E-state index contributed by atoms with van der Waals surface area (Å²) in [6, 6.07) is 2.28. The Morgan fingerprint density at radius 3 is 3.19 bits per heavy atom. The Kier molecular flexibility index (Phi) is 3.01. The lowest BCUT2D eigenvalue weighted by Crippen LogP contribution is -2.81. The maximum absolute atomic E-state index is 6.29. The number of thiophene rings is 1. The minimum absolute atomic E-state index is 0.339. The molecule has 3 atom stereocenters. The Hall–Kier alpha value is -0.380. The summed E-state index contributed by atoms with van der Waals surface area (Å²) in [6.45, 7) is 1.06. The van der Waals surface area contributed by atoms with E-state index in [1.54, 1.807) is 4.88 Å². The normalized spacial score (nSPS) is 33.2. The fraction of sp³-hybridized carbons (Fsp3) is 0.692. The van der Waals surface area contributed by atoms with Gasteiger partial charge in [0.25, 0.3) is 0 Å². The van der Waals surface area contributed by atoms with Crippen LogP contribution in [0.3, 0.4) is 0 Å². The van der Waals surface area contributed by atoms with Crippen LogP contribution in [0.4, 0.5) is 0 Å². The lowest BCUT2D eigenvalue weighted by molar-refractivity contribution is -0.636. The molecule has 1 aromatic heterocycles. The number of nitrogens with two attached hydrogens (primary N) is 1. The van der Waals surface area contributed by atoms with Gasteiger partial charge in [-0.15, -0.1) is 11.3 Å². The van der Waals surface area contributed by atoms with Crippen molar-refractivity contribution in [3.8, 4) is 0 Å². The molecule has 0 bridgehead atoms. The number of likely N-dealkylation sites (N-methyl/N-ethyl adjacent to an activating group) is 1. The van der Waals surface area contributed by atoms with E-state index < -0.39 is 0 Å². The van der Waals surface area contributed by atoms with E-state index in [-0.39, 0.29) is 0 Å². The van der Waals surface area contributed by atoms with Gasteiger partial charge in [0.15, 0.2) is 0 Å². The number of quaternary nitrogens is 1. The van der Waals surface area contributed by atoms with Crippen LogP contribution < -0.4 is 5.32 Å². The second-order valence-corrected chi connectivity index (χ2v) is 5.89. The molecule has 0 radical (unpaired) electrons. The maximum Gasteiger partial charge on any atom is 0.133 e. The van der Waals surface area contributed by atoms with Gasteiger partial charge in [-0.3, -0.25) is 0 Å². The Morgan fingerprint density at radius 2 is 2.31 bits per heavy atom. The molecule has 0 unspecified atom stereocenters. The summed E-state index contributed by atoms with van der Waals surface area (Å²) in [5.74, 6) is 0.705. The molecule has 2 aliphatic rings. The van der Waals surface area contributed by atoms with Crippen LogP contribution in [0.15, 0.2) is 11.4 Å². The van der Waals surface area contributed by atoms with Gasteiger partial charge in [0, 0.05) is 16.4 Å². The molecule has 0 saturated heterocycles. The van der Waals surface area contributed by atoms with E-state index in [9.17, 15) is 0 Å². The Labute approximate surface area is 101 Å². The predicted molar refractivity (Wildman–Crippen MR) is 65.9 cm³/mol. The molecule has 1 aliphatic heterocycles. The van der Waals surface area contributed by atoms with Crippen LogP contribution in [0.5, 0.6) is 0 Å². The summed E-state index contributed by atoms with van der Waals surface area (Å²) in [5, 5.41) is 4.48.